The molecule has 0 aliphatic heterocycles. The molecule has 4 rings (SSSR count). The van der Waals surface area contributed by atoms with Gasteiger partial charge in [0.2, 0.25) is 0 Å². The molecule has 6 nitrogen and oxygen atoms in total. The normalized spacial score (nSPS) is 10.6. The highest BCUT2D eigenvalue weighted by atomic mass is 16.3. The van der Waals surface area contributed by atoms with Crippen LogP contribution in [0.15, 0.2) is 84.0 Å². The van der Waals surface area contributed by atoms with E-state index in [1.54, 1.807) is 23.3 Å². The zero-order chi connectivity index (χ0) is 17.8. The minimum atomic E-state index is -0.197. The van der Waals surface area contributed by atoms with Crippen molar-refractivity contribution >= 4 is 11.6 Å². The maximum Gasteiger partial charge on any atom is 0.258 e. The van der Waals surface area contributed by atoms with Gasteiger partial charge in [-0.1, -0.05) is 30.3 Å². The van der Waals surface area contributed by atoms with Crippen LogP contribution in [0.3, 0.4) is 0 Å². The van der Waals surface area contributed by atoms with Crippen LogP contribution in [-0.4, -0.2) is 20.7 Å². The van der Waals surface area contributed by atoms with Crippen LogP contribution in [0.5, 0.6) is 0 Å². The van der Waals surface area contributed by atoms with Crippen molar-refractivity contribution < 1.29 is 9.21 Å². The van der Waals surface area contributed by atoms with Gasteiger partial charge in [-0.2, -0.15) is 5.10 Å². The number of carbonyl (C=O) groups is 1. The van der Waals surface area contributed by atoms with Gasteiger partial charge in [-0.05, 0) is 29.8 Å². The number of carbonyl (C=O) groups excluding carboxylic acids is 1. The Labute approximate surface area is 150 Å². The average Bonchev–Trinajstić information content (AvgIpc) is 3.35. The van der Waals surface area contributed by atoms with E-state index in [0.717, 1.165) is 11.1 Å². The molecule has 0 aliphatic carbocycles. The quantitative estimate of drug-likeness (QED) is 0.597. The first-order valence-corrected chi connectivity index (χ1v) is 8.14. The Bertz CT molecular complexity index is 990. The van der Waals surface area contributed by atoms with Crippen molar-refractivity contribution in [2.45, 2.75) is 6.54 Å². The van der Waals surface area contributed by atoms with Crippen molar-refractivity contribution in [3.05, 3.63) is 90.7 Å². The fraction of sp³-hybridized carbons (Fsp3) is 0.0500. The summed E-state index contributed by atoms with van der Waals surface area (Å²) in [6, 6.07) is 17.4. The number of hydrogen-bond donors (Lipinski definition) is 1. The lowest BCUT2D eigenvalue weighted by Crippen LogP contribution is -2.11. The largest absolute Gasteiger partial charge is 0.444 e. The van der Waals surface area contributed by atoms with E-state index in [9.17, 15) is 4.79 Å². The van der Waals surface area contributed by atoms with Gasteiger partial charge in [0.1, 0.15) is 0 Å². The molecule has 0 fully saturated rings. The molecule has 1 amide bonds. The lowest BCUT2D eigenvalue weighted by atomic mass is 10.1. The minimum Gasteiger partial charge on any atom is -0.444 e. The van der Waals surface area contributed by atoms with Crippen molar-refractivity contribution in [3.8, 4) is 11.3 Å². The second-order valence-corrected chi connectivity index (χ2v) is 5.81. The number of oxazole rings is 1. The second kappa shape index (κ2) is 7.06. The summed E-state index contributed by atoms with van der Waals surface area (Å²) in [7, 11) is 0. The molecule has 2 aromatic heterocycles. The fourth-order valence-electron chi connectivity index (χ4n) is 2.62. The molecule has 2 aromatic carbocycles. The summed E-state index contributed by atoms with van der Waals surface area (Å²) in [5.74, 6) is 0.488. The number of nitrogens with zero attached hydrogens (tertiary/aromatic N) is 3. The highest BCUT2D eigenvalue weighted by molar-refractivity contribution is 6.04. The van der Waals surface area contributed by atoms with Crippen LogP contribution >= 0.6 is 0 Å². The maximum atomic E-state index is 12.4. The molecule has 128 valence electrons. The van der Waals surface area contributed by atoms with E-state index in [2.05, 4.69) is 15.4 Å². The first kappa shape index (κ1) is 15.8. The smallest absolute Gasteiger partial charge is 0.258 e. The van der Waals surface area contributed by atoms with Gasteiger partial charge >= 0.3 is 0 Å². The van der Waals surface area contributed by atoms with Crippen LogP contribution in [0.1, 0.15) is 15.9 Å². The maximum absolute atomic E-state index is 12.4. The molecular formula is C20H16N4O2. The third-order valence-electron chi connectivity index (χ3n) is 3.94. The summed E-state index contributed by atoms with van der Waals surface area (Å²) in [4.78, 5) is 16.3. The number of aromatic nitrogens is 3. The predicted molar refractivity (Wildman–Crippen MR) is 97.7 cm³/mol. The van der Waals surface area contributed by atoms with E-state index in [1.807, 2.05) is 54.6 Å². The molecule has 0 aliphatic rings. The second-order valence-electron chi connectivity index (χ2n) is 5.81. The molecule has 0 unspecified atom stereocenters. The first-order chi connectivity index (χ1) is 12.8. The van der Waals surface area contributed by atoms with E-state index in [-0.39, 0.29) is 5.91 Å². The van der Waals surface area contributed by atoms with Gasteiger partial charge in [-0.25, -0.2) is 4.98 Å². The highest BCUT2D eigenvalue weighted by Gasteiger charge is 2.10. The van der Waals surface area contributed by atoms with Crippen LogP contribution in [0, 0.1) is 0 Å². The Morgan fingerprint density at radius 3 is 2.58 bits per heavy atom. The molecule has 2 heterocycles. The topological polar surface area (TPSA) is 73.0 Å². The molecule has 6 heteroatoms. The van der Waals surface area contributed by atoms with Gasteiger partial charge in [0.25, 0.3) is 5.91 Å². The van der Waals surface area contributed by atoms with Gasteiger partial charge in [0.15, 0.2) is 12.2 Å². The highest BCUT2D eigenvalue weighted by Crippen LogP contribution is 2.21. The standard InChI is InChI=1S/C20H16N4O2/c25-20(17-10-22-24(13-17)12-15-4-2-1-3-5-15)23-18-8-6-16(7-9-18)19-11-21-14-26-19/h1-11,13-14H,12H2,(H,23,25). The summed E-state index contributed by atoms with van der Waals surface area (Å²) in [5, 5.41) is 7.13. The van der Waals surface area contributed by atoms with Gasteiger partial charge in [-0.15, -0.1) is 0 Å². The van der Waals surface area contributed by atoms with Crippen molar-refractivity contribution in [2.24, 2.45) is 0 Å². The van der Waals surface area contributed by atoms with Crippen molar-refractivity contribution in [1.82, 2.24) is 14.8 Å². The number of rotatable bonds is 5. The van der Waals surface area contributed by atoms with Crippen LogP contribution in [0.2, 0.25) is 0 Å². The van der Waals surface area contributed by atoms with Gasteiger partial charge in [0, 0.05) is 17.4 Å². The van der Waals surface area contributed by atoms with E-state index in [4.69, 9.17) is 4.42 Å². The molecular weight excluding hydrogens is 328 g/mol. The molecule has 4 aromatic rings. The van der Waals surface area contributed by atoms with E-state index >= 15 is 0 Å². The van der Waals surface area contributed by atoms with Crippen LogP contribution in [0.25, 0.3) is 11.3 Å². The fourth-order valence-corrected chi connectivity index (χ4v) is 2.62. The average molecular weight is 344 g/mol. The van der Waals surface area contributed by atoms with Crippen molar-refractivity contribution in [2.75, 3.05) is 5.32 Å². The summed E-state index contributed by atoms with van der Waals surface area (Å²) in [5.41, 5.74) is 3.25. The van der Waals surface area contributed by atoms with E-state index < -0.39 is 0 Å². The SMILES string of the molecule is O=C(Nc1ccc(-c2cnco2)cc1)c1cnn(Cc2ccccc2)c1. The van der Waals surface area contributed by atoms with Gasteiger partial charge in [0.05, 0.1) is 24.5 Å². The molecule has 26 heavy (non-hydrogen) atoms. The predicted octanol–water partition coefficient (Wildman–Crippen LogP) is 3.84. The zero-order valence-corrected chi connectivity index (χ0v) is 13.9. The van der Waals surface area contributed by atoms with Crippen LogP contribution in [-0.2, 0) is 6.54 Å². The van der Waals surface area contributed by atoms with Crippen molar-refractivity contribution in [3.63, 3.8) is 0 Å². The van der Waals surface area contributed by atoms with Crippen LogP contribution in [0.4, 0.5) is 5.69 Å². The Hall–Kier alpha value is -3.67. The Balaban J connectivity index is 1.42. The van der Waals surface area contributed by atoms with Crippen LogP contribution < -0.4 is 5.32 Å². The number of anilines is 1. The Kier molecular flexibility index (Phi) is 4.30. The number of benzene rings is 2. The van der Waals surface area contributed by atoms with Gasteiger partial charge in [-0.3, -0.25) is 9.48 Å². The third-order valence-corrected chi connectivity index (χ3v) is 3.94. The number of amides is 1. The third kappa shape index (κ3) is 3.54. The number of hydrogen-bond acceptors (Lipinski definition) is 4. The monoisotopic (exact) mass is 344 g/mol. The lowest BCUT2D eigenvalue weighted by Gasteiger charge is -2.04. The minimum absolute atomic E-state index is 0.197. The summed E-state index contributed by atoms with van der Waals surface area (Å²) >= 11 is 0. The lowest BCUT2D eigenvalue weighted by molar-refractivity contribution is 0.102. The Morgan fingerprint density at radius 2 is 1.85 bits per heavy atom. The summed E-state index contributed by atoms with van der Waals surface area (Å²) < 4.78 is 7.00. The number of nitrogens with one attached hydrogen (secondary N) is 1. The first-order valence-electron chi connectivity index (χ1n) is 8.14. The van der Waals surface area contributed by atoms with Crippen molar-refractivity contribution in [1.29, 1.82) is 0 Å². The van der Waals surface area contributed by atoms with E-state index in [1.165, 1.54) is 6.39 Å². The molecule has 0 saturated carbocycles. The Morgan fingerprint density at radius 1 is 1.04 bits per heavy atom. The summed E-state index contributed by atoms with van der Waals surface area (Å²) in [6.45, 7) is 0.625. The zero-order valence-electron chi connectivity index (χ0n) is 13.9. The molecule has 0 radical (unpaired) electrons. The molecule has 0 saturated heterocycles. The molecule has 0 atom stereocenters. The molecule has 1 N–H and O–H groups in total. The van der Waals surface area contributed by atoms with Gasteiger partial charge < -0.3 is 9.73 Å². The molecule has 0 spiro atoms. The van der Waals surface area contributed by atoms with E-state index in [0.29, 0.717) is 23.6 Å². The molecule has 0 bridgehead atoms. The summed E-state index contributed by atoms with van der Waals surface area (Å²) in [6.07, 6.45) is 6.35.